The highest BCUT2D eigenvalue weighted by Crippen LogP contribution is 2.34. The fraction of sp³-hybridized carbons (Fsp3) is 0.182. The van der Waals surface area contributed by atoms with Gasteiger partial charge in [0.05, 0.1) is 22.0 Å². The summed E-state index contributed by atoms with van der Waals surface area (Å²) in [5.74, 6) is -0.239. The Hall–Kier alpha value is -2.55. The third-order valence-corrected chi connectivity index (χ3v) is 8.33. The Morgan fingerprint density at radius 1 is 0.903 bits per heavy atom. The smallest absolute Gasteiger partial charge is 0.264 e. The van der Waals surface area contributed by atoms with Crippen LogP contribution in [-0.2, 0) is 32.2 Å². The number of rotatable bonds is 6. The number of nitrogens with one attached hydrogen (secondary N) is 1. The summed E-state index contributed by atoms with van der Waals surface area (Å²) in [5.41, 5.74) is 2.24. The summed E-state index contributed by atoms with van der Waals surface area (Å²) in [5, 5.41) is 0.461. The van der Waals surface area contributed by atoms with E-state index in [1.54, 1.807) is 72.8 Å². The number of fused-ring (bicyclic) bond motifs is 1. The number of nitrogens with zero attached hydrogens (tertiary/aromatic N) is 1. The number of benzene rings is 3. The van der Waals surface area contributed by atoms with Gasteiger partial charge in [-0.25, -0.2) is 16.8 Å². The van der Waals surface area contributed by atoms with Crippen molar-refractivity contribution in [1.29, 1.82) is 0 Å². The molecule has 0 saturated heterocycles. The van der Waals surface area contributed by atoms with Crippen LogP contribution in [0.15, 0.2) is 77.7 Å². The van der Waals surface area contributed by atoms with Crippen molar-refractivity contribution in [3.05, 3.63) is 88.9 Å². The minimum Gasteiger partial charge on any atom is -0.283 e. The van der Waals surface area contributed by atoms with Crippen LogP contribution < -0.4 is 9.03 Å². The van der Waals surface area contributed by atoms with Gasteiger partial charge in [0, 0.05) is 11.6 Å². The summed E-state index contributed by atoms with van der Waals surface area (Å²) in [4.78, 5) is 0.204. The molecule has 0 amide bonds. The molecule has 4 rings (SSSR count). The van der Waals surface area contributed by atoms with Gasteiger partial charge in [0.2, 0.25) is 10.0 Å². The van der Waals surface area contributed by atoms with E-state index in [0.29, 0.717) is 34.9 Å². The Morgan fingerprint density at radius 3 is 2.42 bits per heavy atom. The van der Waals surface area contributed by atoms with Crippen LogP contribution in [0.5, 0.6) is 0 Å². The molecule has 0 spiro atoms. The van der Waals surface area contributed by atoms with Gasteiger partial charge in [-0.3, -0.25) is 9.03 Å². The Balaban J connectivity index is 1.63. The lowest BCUT2D eigenvalue weighted by atomic mass is 10.0. The molecule has 1 N–H and O–H groups in total. The van der Waals surface area contributed by atoms with Crippen LogP contribution in [0.1, 0.15) is 17.5 Å². The lowest BCUT2D eigenvalue weighted by Crippen LogP contribution is -2.35. The molecule has 6 nitrogen and oxygen atoms in total. The Kier molecular flexibility index (Phi) is 5.96. The largest absolute Gasteiger partial charge is 0.283 e. The minimum atomic E-state index is -3.75. The zero-order valence-corrected chi connectivity index (χ0v) is 18.9. The lowest BCUT2D eigenvalue weighted by molar-refractivity contribution is 0.586. The molecule has 0 atom stereocenters. The quantitative estimate of drug-likeness (QED) is 0.570. The van der Waals surface area contributed by atoms with Gasteiger partial charge in [-0.1, -0.05) is 48.0 Å². The highest BCUT2D eigenvalue weighted by molar-refractivity contribution is 7.93. The first-order valence-corrected chi connectivity index (χ1v) is 13.2. The van der Waals surface area contributed by atoms with E-state index in [0.717, 1.165) is 12.0 Å². The molecule has 0 bridgehead atoms. The first-order chi connectivity index (χ1) is 14.7. The minimum absolute atomic E-state index is 0.204. The fourth-order valence-corrected chi connectivity index (χ4v) is 6.58. The van der Waals surface area contributed by atoms with Gasteiger partial charge in [-0.15, -0.1) is 0 Å². The number of halogens is 1. The molecule has 0 aliphatic carbocycles. The van der Waals surface area contributed by atoms with Gasteiger partial charge in [-0.2, -0.15) is 0 Å². The molecule has 0 fully saturated rings. The summed E-state index contributed by atoms with van der Waals surface area (Å²) in [6, 6.07) is 19.9. The van der Waals surface area contributed by atoms with Crippen LogP contribution in [0.4, 0.5) is 11.4 Å². The SMILES string of the molecule is O=S(=O)(Cc1cccc(Cl)c1)Nc1ccc2c(c1)N(S(=O)(=O)c1ccccc1)CCC2. The molecule has 1 aliphatic heterocycles. The van der Waals surface area contributed by atoms with Crippen molar-refractivity contribution in [1.82, 2.24) is 0 Å². The van der Waals surface area contributed by atoms with Crippen molar-refractivity contribution in [3.8, 4) is 0 Å². The fourth-order valence-electron chi connectivity index (χ4n) is 3.64. The van der Waals surface area contributed by atoms with Crippen LogP contribution in [0.3, 0.4) is 0 Å². The number of anilines is 2. The van der Waals surface area contributed by atoms with Crippen LogP contribution in [-0.4, -0.2) is 23.4 Å². The zero-order valence-electron chi connectivity index (χ0n) is 16.5. The maximum atomic E-state index is 13.2. The molecule has 0 radical (unpaired) electrons. The molecule has 0 saturated carbocycles. The van der Waals surface area contributed by atoms with E-state index >= 15 is 0 Å². The molecule has 162 valence electrons. The second-order valence-electron chi connectivity index (χ2n) is 7.33. The molecule has 3 aromatic rings. The van der Waals surface area contributed by atoms with E-state index in [-0.39, 0.29) is 10.6 Å². The highest BCUT2D eigenvalue weighted by Gasteiger charge is 2.29. The van der Waals surface area contributed by atoms with Crippen molar-refractivity contribution >= 4 is 43.0 Å². The van der Waals surface area contributed by atoms with Crippen molar-refractivity contribution in [2.24, 2.45) is 0 Å². The number of hydrogen-bond acceptors (Lipinski definition) is 4. The standard InChI is InChI=1S/C22H21ClN2O4S2/c23-19-8-4-6-17(14-19)16-30(26,27)24-20-12-11-18-7-5-13-25(22(18)15-20)31(28,29)21-9-2-1-3-10-21/h1-4,6,8-12,14-15,24H,5,7,13,16H2. The van der Waals surface area contributed by atoms with E-state index < -0.39 is 20.0 Å². The Morgan fingerprint density at radius 2 is 1.68 bits per heavy atom. The monoisotopic (exact) mass is 476 g/mol. The molecule has 1 aliphatic rings. The normalized spacial score (nSPS) is 14.2. The third kappa shape index (κ3) is 4.87. The van der Waals surface area contributed by atoms with Gasteiger partial charge in [-0.05, 0) is 60.4 Å². The van der Waals surface area contributed by atoms with E-state index in [1.807, 2.05) is 0 Å². The van der Waals surface area contributed by atoms with E-state index in [1.165, 1.54) is 4.31 Å². The summed E-state index contributed by atoms with van der Waals surface area (Å²) in [6.07, 6.45) is 1.42. The predicted molar refractivity (Wildman–Crippen MR) is 123 cm³/mol. The maximum Gasteiger partial charge on any atom is 0.264 e. The zero-order chi connectivity index (χ0) is 22.1. The number of hydrogen-bond donors (Lipinski definition) is 1. The van der Waals surface area contributed by atoms with E-state index in [9.17, 15) is 16.8 Å². The molecule has 0 unspecified atom stereocenters. The summed E-state index contributed by atoms with van der Waals surface area (Å²) < 4.78 is 55.6. The Bertz CT molecular complexity index is 1310. The second-order valence-corrected chi connectivity index (χ2v) is 11.3. The van der Waals surface area contributed by atoms with Crippen molar-refractivity contribution < 1.29 is 16.8 Å². The molecule has 1 heterocycles. The molecule has 31 heavy (non-hydrogen) atoms. The first-order valence-electron chi connectivity index (χ1n) is 9.70. The van der Waals surface area contributed by atoms with Crippen LogP contribution in [0, 0.1) is 0 Å². The summed E-state index contributed by atoms with van der Waals surface area (Å²) >= 11 is 5.94. The molecular formula is C22H21ClN2O4S2. The van der Waals surface area contributed by atoms with Gasteiger partial charge >= 0.3 is 0 Å². The molecule has 3 aromatic carbocycles. The predicted octanol–water partition coefficient (Wildman–Crippen LogP) is 4.42. The maximum absolute atomic E-state index is 13.2. The number of aryl methyl sites for hydroxylation is 1. The van der Waals surface area contributed by atoms with Crippen LogP contribution in [0.2, 0.25) is 5.02 Å². The average molecular weight is 477 g/mol. The van der Waals surface area contributed by atoms with Crippen molar-refractivity contribution in [2.45, 2.75) is 23.5 Å². The van der Waals surface area contributed by atoms with Gasteiger partial charge in [0.15, 0.2) is 0 Å². The summed E-state index contributed by atoms with van der Waals surface area (Å²) in [7, 11) is -7.46. The molecule has 0 aromatic heterocycles. The van der Waals surface area contributed by atoms with Crippen LogP contribution >= 0.6 is 11.6 Å². The third-order valence-electron chi connectivity index (χ3n) is 5.01. The summed E-state index contributed by atoms with van der Waals surface area (Å²) in [6.45, 7) is 0.336. The lowest BCUT2D eigenvalue weighted by Gasteiger charge is -2.31. The van der Waals surface area contributed by atoms with E-state index in [4.69, 9.17) is 11.6 Å². The average Bonchev–Trinajstić information content (AvgIpc) is 2.73. The van der Waals surface area contributed by atoms with Crippen LogP contribution in [0.25, 0.3) is 0 Å². The Labute approximate surface area is 187 Å². The topological polar surface area (TPSA) is 83.6 Å². The van der Waals surface area contributed by atoms with Gasteiger partial charge in [0.25, 0.3) is 10.0 Å². The number of sulfonamides is 2. The first kappa shape index (κ1) is 21.7. The van der Waals surface area contributed by atoms with Crippen molar-refractivity contribution in [2.75, 3.05) is 15.6 Å². The second kappa shape index (κ2) is 8.53. The highest BCUT2D eigenvalue weighted by atomic mass is 35.5. The molecule has 9 heteroatoms. The van der Waals surface area contributed by atoms with Crippen molar-refractivity contribution in [3.63, 3.8) is 0 Å². The van der Waals surface area contributed by atoms with Gasteiger partial charge < -0.3 is 0 Å². The van der Waals surface area contributed by atoms with E-state index in [2.05, 4.69) is 4.72 Å². The van der Waals surface area contributed by atoms with Gasteiger partial charge in [0.1, 0.15) is 0 Å². The molecular weight excluding hydrogens is 456 g/mol.